The summed E-state index contributed by atoms with van der Waals surface area (Å²) >= 11 is 0. The van der Waals surface area contributed by atoms with Gasteiger partial charge in [0, 0.05) is 6.21 Å². The van der Waals surface area contributed by atoms with Gasteiger partial charge < -0.3 is 4.98 Å². The number of nitrogens with zero attached hydrogens (tertiary/aromatic N) is 4. The Labute approximate surface area is 87.7 Å². The van der Waals surface area contributed by atoms with Crippen LogP contribution in [0.15, 0.2) is 17.6 Å². The molecule has 0 bridgehead atoms. The molecule has 2 aromatic rings. The van der Waals surface area contributed by atoms with E-state index in [1.54, 1.807) is 6.33 Å². The number of H-pyrrole nitrogens is 1. The van der Waals surface area contributed by atoms with E-state index in [1.807, 2.05) is 6.21 Å². The van der Waals surface area contributed by atoms with Crippen LogP contribution in [0.3, 0.4) is 0 Å². The Morgan fingerprint density at radius 1 is 1.40 bits per heavy atom. The van der Waals surface area contributed by atoms with Gasteiger partial charge >= 0.3 is 0 Å². The number of fused-ring (bicyclic) bond motifs is 1. The normalized spacial score (nSPS) is 11.9. The van der Waals surface area contributed by atoms with Crippen molar-refractivity contribution in [2.24, 2.45) is 10.9 Å². The number of aliphatic imine (C=N–C) groups is 1. The van der Waals surface area contributed by atoms with E-state index in [-0.39, 0.29) is 0 Å². The molecular formula is C10H13N5. The molecule has 0 aliphatic heterocycles. The smallest absolute Gasteiger partial charge is 0.182 e. The summed E-state index contributed by atoms with van der Waals surface area (Å²) < 4.78 is 0. The first-order valence-electron chi connectivity index (χ1n) is 4.94. The van der Waals surface area contributed by atoms with Crippen LogP contribution >= 0.6 is 0 Å². The maximum Gasteiger partial charge on any atom is 0.182 e. The van der Waals surface area contributed by atoms with Crippen LogP contribution in [0.4, 0.5) is 5.82 Å². The molecule has 0 radical (unpaired) electrons. The maximum atomic E-state index is 4.30. The average molecular weight is 203 g/mol. The maximum absolute atomic E-state index is 4.30. The number of hydrogen-bond acceptors (Lipinski definition) is 4. The molecule has 0 amide bonds. The van der Waals surface area contributed by atoms with E-state index in [2.05, 4.69) is 38.8 Å². The van der Waals surface area contributed by atoms with Gasteiger partial charge in [0.1, 0.15) is 11.8 Å². The molecular weight excluding hydrogens is 190 g/mol. The predicted octanol–water partition coefficient (Wildman–Crippen LogP) is 2.10. The second-order valence-electron chi connectivity index (χ2n) is 3.74. The molecule has 0 unspecified atom stereocenters. The van der Waals surface area contributed by atoms with Crippen LogP contribution in [0.1, 0.15) is 20.3 Å². The standard InChI is InChI=1S/C10H13N5/c1-7(2)3-4-11-9-8-10(13-5-12-8)15-6-14-9/h4-7H,3H2,1-2H3,(H,12,13,14,15). The van der Waals surface area contributed by atoms with E-state index in [0.29, 0.717) is 17.4 Å². The molecule has 0 spiro atoms. The molecule has 0 aliphatic carbocycles. The molecule has 0 aliphatic rings. The zero-order valence-corrected chi connectivity index (χ0v) is 8.81. The summed E-state index contributed by atoms with van der Waals surface area (Å²) in [4.78, 5) is 19.4. The Morgan fingerprint density at radius 2 is 2.27 bits per heavy atom. The van der Waals surface area contributed by atoms with E-state index < -0.39 is 0 Å². The molecule has 2 heterocycles. The highest BCUT2D eigenvalue weighted by molar-refractivity contribution is 5.82. The molecule has 78 valence electrons. The zero-order valence-electron chi connectivity index (χ0n) is 8.81. The Bertz CT molecular complexity index is 471. The summed E-state index contributed by atoms with van der Waals surface area (Å²) in [5.74, 6) is 1.26. The molecule has 15 heavy (non-hydrogen) atoms. The van der Waals surface area contributed by atoms with Crippen molar-refractivity contribution in [2.45, 2.75) is 20.3 Å². The van der Waals surface area contributed by atoms with Crippen molar-refractivity contribution < 1.29 is 0 Å². The van der Waals surface area contributed by atoms with Crippen LogP contribution in [0, 0.1) is 5.92 Å². The summed E-state index contributed by atoms with van der Waals surface area (Å²) in [5, 5.41) is 0. The van der Waals surface area contributed by atoms with Crippen molar-refractivity contribution in [1.82, 2.24) is 19.9 Å². The molecule has 5 nitrogen and oxygen atoms in total. The van der Waals surface area contributed by atoms with E-state index in [1.165, 1.54) is 6.33 Å². The van der Waals surface area contributed by atoms with Crippen molar-refractivity contribution in [2.75, 3.05) is 0 Å². The molecule has 1 N–H and O–H groups in total. The molecule has 5 heteroatoms. The van der Waals surface area contributed by atoms with Gasteiger partial charge in [-0.25, -0.2) is 19.9 Å². The lowest BCUT2D eigenvalue weighted by atomic mass is 10.2. The minimum atomic E-state index is 0.604. The average Bonchev–Trinajstić information content (AvgIpc) is 2.65. The van der Waals surface area contributed by atoms with Gasteiger partial charge in [-0.05, 0) is 12.3 Å². The van der Waals surface area contributed by atoms with Crippen molar-refractivity contribution in [1.29, 1.82) is 0 Å². The lowest BCUT2D eigenvalue weighted by Gasteiger charge is -1.96. The third kappa shape index (κ3) is 2.18. The number of aromatic nitrogens is 4. The van der Waals surface area contributed by atoms with Crippen molar-refractivity contribution in [3.63, 3.8) is 0 Å². The third-order valence-corrected chi connectivity index (χ3v) is 1.99. The second-order valence-corrected chi connectivity index (χ2v) is 3.74. The molecule has 2 rings (SSSR count). The summed E-state index contributed by atoms with van der Waals surface area (Å²) in [6.07, 6.45) is 5.90. The van der Waals surface area contributed by atoms with Gasteiger partial charge in [0.2, 0.25) is 0 Å². The van der Waals surface area contributed by atoms with E-state index >= 15 is 0 Å². The van der Waals surface area contributed by atoms with E-state index in [4.69, 9.17) is 0 Å². The lowest BCUT2D eigenvalue weighted by Crippen LogP contribution is -1.87. The number of rotatable bonds is 3. The Hall–Kier alpha value is -1.78. The quantitative estimate of drug-likeness (QED) is 0.777. The van der Waals surface area contributed by atoms with Crippen LogP contribution in [-0.4, -0.2) is 26.2 Å². The molecule has 0 saturated carbocycles. The number of aromatic amines is 1. The fraction of sp³-hybridized carbons (Fsp3) is 0.400. The predicted molar refractivity (Wildman–Crippen MR) is 59.3 cm³/mol. The van der Waals surface area contributed by atoms with Crippen molar-refractivity contribution in [3.8, 4) is 0 Å². The number of nitrogens with one attached hydrogen (secondary N) is 1. The van der Waals surface area contributed by atoms with Gasteiger partial charge in [-0.1, -0.05) is 13.8 Å². The summed E-state index contributed by atoms with van der Waals surface area (Å²) in [6, 6.07) is 0. The zero-order chi connectivity index (χ0) is 10.7. The molecule has 0 aromatic carbocycles. The number of hydrogen-bond donors (Lipinski definition) is 1. The van der Waals surface area contributed by atoms with Crippen LogP contribution in [0.5, 0.6) is 0 Å². The Morgan fingerprint density at radius 3 is 3.07 bits per heavy atom. The third-order valence-electron chi connectivity index (χ3n) is 1.99. The topological polar surface area (TPSA) is 66.8 Å². The monoisotopic (exact) mass is 203 g/mol. The van der Waals surface area contributed by atoms with E-state index in [9.17, 15) is 0 Å². The highest BCUT2D eigenvalue weighted by Crippen LogP contribution is 2.17. The van der Waals surface area contributed by atoms with Gasteiger partial charge in [0.15, 0.2) is 11.5 Å². The molecule has 0 saturated heterocycles. The first-order chi connectivity index (χ1) is 7.27. The van der Waals surface area contributed by atoms with Gasteiger partial charge in [-0.3, -0.25) is 0 Å². The van der Waals surface area contributed by atoms with Crippen molar-refractivity contribution >= 4 is 23.2 Å². The SMILES string of the molecule is CC(C)CC=Nc1ncnc2nc[nH]c12. The first-order valence-corrected chi connectivity index (χ1v) is 4.94. The van der Waals surface area contributed by atoms with Crippen molar-refractivity contribution in [3.05, 3.63) is 12.7 Å². The Kier molecular flexibility index (Phi) is 2.71. The van der Waals surface area contributed by atoms with E-state index in [0.717, 1.165) is 11.9 Å². The summed E-state index contributed by atoms with van der Waals surface area (Å²) in [5.41, 5.74) is 1.44. The molecule has 2 aromatic heterocycles. The minimum Gasteiger partial charge on any atom is -0.340 e. The van der Waals surface area contributed by atoms with Gasteiger partial charge in [0.25, 0.3) is 0 Å². The lowest BCUT2D eigenvalue weighted by molar-refractivity contribution is 0.690. The molecule has 0 fully saturated rings. The van der Waals surface area contributed by atoms with Gasteiger partial charge in [-0.15, -0.1) is 0 Å². The van der Waals surface area contributed by atoms with Gasteiger partial charge in [0.05, 0.1) is 6.33 Å². The highest BCUT2D eigenvalue weighted by Gasteiger charge is 2.02. The number of imidazole rings is 1. The largest absolute Gasteiger partial charge is 0.340 e. The summed E-state index contributed by atoms with van der Waals surface area (Å²) in [7, 11) is 0. The summed E-state index contributed by atoms with van der Waals surface area (Å²) in [6.45, 7) is 4.30. The fourth-order valence-corrected chi connectivity index (χ4v) is 1.20. The molecule has 0 atom stereocenters. The van der Waals surface area contributed by atoms with Crippen LogP contribution in [-0.2, 0) is 0 Å². The minimum absolute atomic E-state index is 0.604. The van der Waals surface area contributed by atoms with Gasteiger partial charge in [-0.2, -0.15) is 0 Å². The first kappa shape index (κ1) is 9.76. The second kappa shape index (κ2) is 4.16. The highest BCUT2D eigenvalue weighted by atomic mass is 15.0. The van der Waals surface area contributed by atoms with Crippen LogP contribution < -0.4 is 0 Å². The van der Waals surface area contributed by atoms with Crippen LogP contribution in [0.2, 0.25) is 0 Å². The Balaban J connectivity index is 2.27. The van der Waals surface area contributed by atoms with Crippen LogP contribution in [0.25, 0.3) is 11.2 Å². The fourth-order valence-electron chi connectivity index (χ4n) is 1.20.